The number of benzene rings is 1. The lowest BCUT2D eigenvalue weighted by Crippen LogP contribution is -2.12. The van der Waals surface area contributed by atoms with Crippen molar-refractivity contribution in [2.24, 2.45) is 0 Å². The number of hydrogen-bond acceptors (Lipinski definition) is 2. The summed E-state index contributed by atoms with van der Waals surface area (Å²) in [5.74, 6) is 0.745. The fourth-order valence-corrected chi connectivity index (χ4v) is 2.00. The molecule has 1 aliphatic heterocycles. The van der Waals surface area contributed by atoms with Crippen molar-refractivity contribution in [2.45, 2.75) is 24.9 Å². The summed E-state index contributed by atoms with van der Waals surface area (Å²) in [5.41, 5.74) is 2.49. The molecule has 1 heterocycles. The third-order valence-corrected chi connectivity index (χ3v) is 3.01. The zero-order valence-corrected chi connectivity index (χ0v) is 8.40. The summed E-state index contributed by atoms with van der Waals surface area (Å²) in [7, 11) is 0. The number of cyclic esters (lactones) is 1. The lowest BCUT2D eigenvalue weighted by molar-refractivity contribution is 0.141. The van der Waals surface area contributed by atoms with E-state index in [1.54, 1.807) is 0 Å². The van der Waals surface area contributed by atoms with Crippen LogP contribution in [0.5, 0.6) is 0 Å². The first-order valence-electron chi connectivity index (χ1n) is 5.37. The molecule has 1 N–H and O–H groups in total. The fraction of sp³-hybridized carbons (Fsp3) is 0.417. The molecule has 78 valence electrons. The minimum absolute atomic E-state index is 0.101. The SMILES string of the molecule is O=C1NCC(c2cccc(C3CC3)c2)O1. The van der Waals surface area contributed by atoms with Crippen molar-refractivity contribution in [3.05, 3.63) is 35.4 Å². The molecule has 2 aliphatic rings. The van der Waals surface area contributed by atoms with Gasteiger partial charge in [-0.2, -0.15) is 0 Å². The maximum absolute atomic E-state index is 10.9. The molecule has 1 aromatic rings. The van der Waals surface area contributed by atoms with E-state index in [9.17, 15) is 4.79 Å². The molecule has 1 saturated heterocycles. The Morgan fingerprint density at radius 3 is 2.73 bits per heavy atom. The fourth-order valence-electron chi connectivity index (χ4n) is 2.00. The number of alkyl carbamates (subject to hydrolysis) is 1. The molecule has 15 heavy (non-hydrogen) atoms. The number of hydrogen-bond donors (Lipinski definition) is 1. The number of amides is 1. The van der Waals surface area contributed by atoms with E-state index in [4.69, 9.17) is 4.74 Å². The van der Waals surface area contributed by atoms with Crippen LogP contribution in [0, 0.1) is 0 Å². The van der Waals surface area contributed by atoms with Gasteiger partial charge in [-0.3, -0.25) is 0 Å². The van der Waals surface area contributed by atoms with Crippen molar-refractivity contribution in [1.29, 1.82) is 0 Å². The Bertz CT molecular complexity index is 398. The van der Waals surface area contributed by atoms with Crippen LogP contribution >= 0.6 is 0 Å². The average Bonchev–Trinajstić information content (AvgIpc) is 3.02. The predicted octanol–water partition coefficient (Wildman–Crippen LogP) is 2.34. The topological polar surface area (TPSA) is 38.3 Å². The molecule has 0 radical (unpaired) electrons. The molecule has 1 atom stereocenters. The van der Waals surface area contributed by atoms with E-state index in [2.05, 4.69) is 23.5 Å². The molecule has 0 aromatic heterocycles. The Morgan fingerprint density at radius 2 is 2.07 bits per heavy atom. The summed E-state index contributed by atoms with van der Waals surface area (Å²) in [6.07, 6.45) is 2.19. The van der Waals surface area contributed by atoms with Crippen molar-refractivity contribution in [3.63, 3.8) is 0 Å². The van der Waals surface area contributed by atoms with Gasteiger partial charge in [-0.05, 0) is 29.9 Å². The van der Waals surface area contributed by atoms with Crippen molar-refractivity contribution >= 4 is 6.09 Å². The minimum Gasteiger partial charge on any atom is -0.439 e. The molecular weight excluding hydrogens is 190 g/mol. The van der Waals surface area contributed by atoms with Gasteiger partial charge in [0.2, 0.25) is 0 Å². The molecule has 1 aromatic carbocycles. The average molecular weight is 203 g/mol. The Morgan fingerprint density at radius 1 is 1.27 bits per heavy atom. The first-order chi connectivity index (χ1) is 7.33. The van der Waals surface area contributed by atoms with Gasteiger partial charge in [0, 0.05) is 0 Å². The van der Waals surface area contributed by atoms with E-state index in [0.29, 0.717) is 6.54 Å². The van der Waals surface area contributed by atoms with E-state index < -0.39 is 0 Å². The summed E-state index contributed by atoms with van der Waals surface area (Å²) in [6, 6.07) is 8.40. The highest BCUT2D eigenvalue weighted by molar-refractivity contribution is 5.69. The van der Waals surface area contributed by atoms with Crippen LogP contribution in [0.4, 0.5) is 4.79 Å². The van der Waals surface area contributed by atoms with Gasteiger partial charge in [0.05, 0.1) is 6.54 Å². The maximum Gasteiger partial charge on any atom is 0.407 e. The smallest absolute Gasteiger partial charge is 0.407 e. The maximum atomic E-state index is 10.9. The van der Waals surface area contributed by atoms with Crippen LogP contribution in [0.1, 0.15) is 36.0 Å². The van der Waals surface area contributed by atoms with Gasteiger partial charge in [-0.15, -0.1) is 0 Å². The van der Waals surface area contributed by atoms with E-state index >= 15 is 0 Å². The highest BCUT2D eigenvalue weighted by Crippen LogP contribution is 2.40. The molecule has 1 amide bonds. The molecule has 0 spiro atoms. The van der Waals surface area contributed by atoms with Crippen molar-refractivity contribution in [2.75, 3.05) is 6.54 Å². The number of rotatable bonds is 2. The second-order valence-electron chi connectivity index (χ2n) is 4.22. The molecule has 0 bridgehead atoms. The summed E-state index contributed by atoms with van der Waals surface area (Å²) >= 11 is 0. The Kier molecular flexibility index (Phi) is 1.91. The molecule has 2 fully saturated rings. The van der Waals surface area contributed by atoms with Crippen LogP contribution in [0.2, 0.25) is 0 Å². The summed E-state index contributed by atoms with van der Waals surface area (Å²) in [5, 5.41) is 2.67. The lowest BCUT2D eigenvalue weighted by atomic mass is 10.0. The predicted molar refractivity (Wildman–Crippen MR) is 55.6 cm³/mol. The number of carbonyl (C=O) groups is 1. The van der Waals surface area contributed by atoms with Crippen molar-refractivity contribution < 1.29 is 9.53 Å². The second kappa shape index (κ2) is 3.26. The zero-order valence-electron chi connectivity index (χ0n) is 8.40. The summed E-state index contributed by atoms with van der Waals surface area (Å²) < 4.78 is 5.15. The largest absolute Gasteiger partial charge is 0.439 e. The van der Waals surface area contributed by atoms with Crippen LogP contribution in [0.25, 0.3) is 0 Å². The summed E-state index contributed by atoms with van der Waals surface area (Å²) in [4.78, 5) is 10.9. The standard InChI is InChI=1S/C12H13NO2/c14-12-13-7-11(15-12)10-3-1-2-9(6-10)8-4-5-8/h1-3,6,8,11H,4-5,7H2,(H,13,14). The monoisotopic (exact) mass is 203 g/mol. The van der Waals surface area contributed by atoms with Crippen LogP contribution in [-0.2, 0) is 4.74 Å². The van der Waals surface area contributed by atoms with Crippen LogP contribution in [0.3, 0.4) is 0 Å². The van der Waals surface area contributed by atoms with Gasteiger partial charge in [0.15, 0.2) is 0 Å². The van der Waals surface area contributed by atoms with Crippen LogP contribution in [-0.4, -0.2) is 12.6 Å². The Balaban J connectivity index is 1.84. The third-order valence-electron chi connectivity index (χ3n) is 3.01. The van der Waals surface area contributed by atoms with E-state index in [1.807, 2.05) is 6.07 Å². The van der Waals surface area contributed by atoms with Crippen molar-refractivity contribution in [1.82, 2.24) is 5.32 Å². The number of nitrogens with one attached hydrogen (secondary N) is 1. The molecule has 3 nitrogen and oxygen atoms in total. The normalized spacial score (nSPS) is 24.8. The summed E-state index contributed by atoms with van der Waals surface area (Å²) in [6.45, 7) is 0.590. The number of ether oxygens (including phenoxy) is 1. The van der Waals surface area contributed by atoms with Crippen molar-refractivity contribution in [3.8, 4) is 0 Å². The first-order valence-corrected chi connectivity index (χ1v) is 5.37. The molecular formula is C12H13NO2. The lowest BCUT2D eigenvalue weighted by Gasteiger charge is -2.09. The molecule has 1 unspecified atom stereocenters. The van der Waals surface area contributed by atoms with Gasteiger partial charge in [-0.25, -0.2) is 4.79 Å². The Labute approximate surface area is 88.4 Å². The minimum atomic E-state index is -0.308. The van der Waals surface area contributed by atoms with Crippen LogP contribution < -0.4 is 5.32 Å². The quantitative estimate of drug-likeness (QED) is 0.801. The highest BCUT2D eigenvalue weighted by Gasteiger charge is 2.27. The van der Waals surface area contributed by atoms with Gasteiger partial charge >= 0.3 is 6.09 Å². The molecule has 3 rings (SSSR count). The van der Waals surface area contributed by atoms with Gasteiger partial charge in [0.25, 0.3) is 0 Å². The van der Waals surface area contributed by atoms with E-state index in [-0.39, 0.29) is 12.2 Å². The number of carbonyl (C=O) groups excluding carboxylic acids is 1. The molecule has 3 heteroatoms. The van der Waals surface area contributed by atoms with Gasteiger partial charge in [-0.1, -0.05) is 24.3 Å². The van der Waals surface area contributed by atoms with Gasteiger partial charge < -0.3 is 10.1 Å². The van der Waals surface area contributed by atoms with Gasteiger partial charge in [0.1, 0.15) is 6.10 Å². The van der Waals surface area contributed by atoms with E-state index in [0.717, 1.165) is 11.5 Å². The zero-order chi connectivity index (χ0) is 10.3. The van der Waals surface area contributed by atoms with Crippen LogP contribution in [0.15, 0.2) is 24.3 Å². The Hall–Kier alpha value is -1.51. The first kappa shape index (κ1) is 8.77. The molecule has 1 aliphatic carbocycles. The third kappa shape index (κ3) is 1.69. The second-order valence-corrected chi connectivity index (χ2v) is 4.22. The molecule has 1 saturated carbocycles. The highest BCUT2D eigenvalue weighted by atomic mass is 16.6. The van der Waals surface area contributed by atoms with E-state index in [1.165, 1.54) is 18.4 Å².